The maximum atomic E-state index is 12.1. The van der Waals surface area contributed by atoms with Crippen LogP contribution in [-0.4, -0.2) is 37.6 Å². The van der Waals surface area contributed by atoms with Gasteiger partial charge in [-0.3, -0.25) is 4.79 Å². The predicted molar refractivity (Wildman–Crippen MR) is 91.0 cm³/mol. The Hall–Kier alpha value is -1.59. The maximum Gasteiger partial charge on any atom is 0.224 e. The van der Waals surface area contributed by atoms with Gasteiger partial charge in [-0.25, -0.2) is 0 Å². The quantitative estimate of drug-likeness (QED) is 0.870. The molecule has 5 nitrogen and oxygen atoms in total. The number of carbonyl (C=O) groups is 1. The third-order valence-corrected chi connectivity index (χ3v) is 4.66. The third-order valence-electron chi connectivity index (χ3n) is 4.66. The van der Waals surface area contributed by atoms with Crippen LogP contribution in [0.4, 0.5) is 0 Å². The normalized spacial score (nSPS) is 22.5. The van der Waals surface area contributed by atoms with E-state index in [0.29, 0.717) is 26.2 Å². The van der Waals surface area contributed by atoms with E-state index in [4.69, 9.17) is 14.2 Å². The Bertz CT molecular complexity index is 537. The van der Waals surface area contributed by atoms with Gasteiger partial charge in [0.1, 0.15) is 11.9 Å². The summed E-state index contributed by atoms with van der Waals surface area (Å²) >= 11 is 0. The van der Waals surface area contributed by atoms with E-state index in [1.165, 1.54) is 6.42 Å². The van der Waals surface area contributed by atoms with E-state index < -0.39 is 0 Å². The monoisotopic (exact) mass is 333 g/mol. The number of hydrogen-bond donors (Lipinski definition) is 1. The van der Waals surface area contributed by atoms with Gasteiger partial charge in [0.25, 0.3) is 0 Å². The molecule has 1 saturated heterocycles. The van der Waals surface area contributed by atoms with Gasteiger partial charge >= 0.3 is 0 Å². The predicted octanol–water partition coefficient (Wildman–Crippen LogP) is 2.82. The van der Waals surface area contributed by atoms with Crippen molar-refractivity contribution in [1.82, 2.24) is 5.32 Å². The molecule has 1 amide bonds. The standard InChI is InChI=1S/C19H27NO4/c1-2-22-16-8-6-15(7-9-16)12-18(21)20-13-17-14-23-19(24-17)10-4-3-5-11-19/h6-9,17H,2-5,10-14H2,1H3,(H,20,21)/t17-/m1/s1. The van der Waals surface area contributed by atoms with E-state index in [2.05, 4.69) is 5.32 Å². The molecule has 1 atom stereocenters. The van der Waals surface area contributed by atoms with Crippen LogP contribution in [0.5, 0.6) is 5.75 Å². The second-order valence-corrected chi connectivity index (χ2v) is 6.58. The molecule has 1 aliphatic carbocycles. The lowest BCUT2D eigenvalue weighted by atomic mass is 9.94. The van der Waals surface area contributed by atoms with E-state index in [-0.39, 0.29) is 17.8 Å². The van der Waals surface area contributed by atoms with Crippen molar-refractivity contribution in [3.63, 3.8) is 0 Å². The van der Waals surface area contributed by atoms with Crippen molar-refractivity contribution < 1.29 is 19.0 Å². The summed E-state index contributed by atoms with van der Waals surface area (Å²) in [5, 5.41) is 2.96. The van der Waals surface area contributed by atoms with E-state index in [9.17, 15) is 4.79 Å². The fourth-order valence-electron chi connectivity index (χ4n) is 3.42. The first-order valence-corrected chi connectivity index (χ1v) is 8.99. The highest BCUT2D eigenvalue weighted by atomic mass is 16.7. The highest BCUT2D eigenvalue weighted by Gasteiger charge is 2.42. The largest absolute Gasteiger partial charge is 0.494 e. The molecule has 0 aromatic heterocycles. The van der Waals surface area contributed by atoms with Crippen molar-refractivity contribution in [1.29, 1.82) is 0 Å². The van der Waals surface area contributed by atoms with Gasteiger partial charge in [0.05, 0.1) is 19.6 Å². The molecule has 24 heavy (non-hydrogen) atoms. The summed E-state index contributed by atoms with van der Waals surface area (Å²) in [7, 11) is 0. The average molecular weight is 333 g/mol. The van der Waals surface area contributed by atoms with Crippen LogP contribution in [-0.2, 0) is 20.7 Å². The molecule has 3 rings (SSSR count). The molecular weight excluding hydrogens is 306 g/mol. The van der Waals surface area contributed by atoms with Crippen molar-refractivity contribution in [2.45, 2.75) is 57.3 Å². The summed E-state index contributed by atoms with van der Waals surface area (Å²) in [6.07, 6.45) is 5.87. The number of amides is 1. The lowest BCUT2D eigenvalue weighted by Gasteiger charge is -2.31. The topological polar surface area (TPSA) is 56.8 Å². The van der Waals surface area contributed by atoms with Crippen LogP contribution >= 0.6 is 0 Å². The van der Waals surface area contributed by atoms with Gasteiger partial charge in [-0.15, -0.1) is 0 Å². The smallest absolute Gasteiger partial charge is 0.224 e. The maximum absolute atomic E-state index is 12.1. The van der Waals surface area contributed by atoms with Crippen LogP contribution < -0.4 is 10.1 Å². The minimum Gasteiger partial charge on any atom is -0.494 e. The zero-order chi connectivity index (χ0) is 16.8. The number of hydrogen-bond acceptors (Lipinski definition) is 4. The Balaban J connectivity index is 1.41. The van der Waals surface area contributed by atoms with Crippen LogP contribution in [0.2, 0.25) is 0 Å². The number of rotatable bonds is 6. The lowest BCUT2D eigenvalue weighted by Crippen LogP contribution is -2.37. The first-order chi connectivity index (χ1) is 11.7. The molecule has 1 aromatic rings. The van der Waals surface area contributed by atoms with Crippen molar-refractivity contribution in [3.05, 3.63) is 29.8 Å². The van der Waals surface area contributed by atoms with E-state index in [0.717, 1.165) is 37.0 Å². The van der Waals surface area contributed by atoms with Gasteiger partial charge in [-0.05, 0) is 37.5 Å². The molecule has 0 bridgehead atoms. The van der Waals surface area contributed by atoms with Crippen LogP contribution in [0.3, 0.4) is 0 Å². The molecule has 2 aliphatic rings. The number of nitrogens with one attached hydrogen (secondary N) is 1. The van der Waals surface area contributed by atoms with Crippen molar-refractivity contribution in [2.24, 2.45) is 0 Å². The molecule has 1 N–H and O–H groups in total. The van der Waals surface area contributed by atoms with Crippen molar-refractivity contribution in [3.8, 4) is 5.75 Å². The van der Waals surface area contributed by atoms with Gasteiger partial charge in [0.15, 0.2) is 5.79 Å². The lowest BCUT2D eigenvalue weighted by molar-refractivity contribution is -0.186. The Morgan fingerprint density at radius 1 is 1.25 bits per heavy atom. The van der Waals surface area contributed by atoms with Gasteiger partial charge in [0.2, 0.25) is 5.91 Å². The fraction of sp³-hybridized carbons (Fsp3) is 0.632. The Kier molecular flexibility index (Phi) is 5.74. The summed E-state index contributed by atoms with van der Waals surface area (Å²) in [6.45, 7) is 3.68. The molecule has 0 unspecified atom stereocenters. The highest BCUT2D eigenvalue weighted by molar-refractivity contribution is 5.78. The third kappa shape index (κ3) is 4.48. The fourth-order valence-corrected chi connectivity index (χ4v) is 3.42. The zero-order valence-electron chi connectivity index (χ0n) is 14.4. The summed E-state index contributed by atoms with van der Waals surface area (Å²) in [4.78, 5) is 12.1. The van der Waals surface area contributed by atoms with Crippen LogP contribution in [0.15, 0.2) is 24.3 Å². The highest BCUT2D eigenvalue weighted by Crippen LogP contribution is 2.37. The van der Waals surface area contributed by atoms with Crippen molar-refractivity contribution >= 4 is 5.91 Å². The van der Waals surface area contributed by atoms with Crippen LogP contribution in [0.1, 0.15) is 44.6 Å². The van der Waals surface area contributed by atoms with Gasteiger partial charge < -0.3 is 19.5 Å². The molecule has 132 valence electrons. The van der Waals surface area contributed by atoms with Crippen LogP contribution in [0, 0.1) is 0 Å². The van der Waals surface area contributed by atoms with E-state index in [1.54, 1.807) is 0 Å². The SMILES string of the molecule is CCOc1ccc(CC(=O)NC[C@@H]2COC3(CCCCC3)O2)cc1. The Labute approximate surface area is 143 Å². The molecule has 1 spiro atoms. The summed E-state index contributed by atoms with van der Waals surface area (Å²) in [6, 6.07) is 7.65. The Morgan fingerprint density at radius 2 is 2.00 bits per heavy atom. The second kappa shape index (κ2) is 7.99. The molecule has 2 fully saturated rings. The minimum absolute atomic E-state index is 0.00681. The van der Waals surface area contributed by atoms with Gasteiger partial charge in [0, 0.05) is 19.4 Å². The van der Waals surface area contributed by atoms with Gasteiger partial charge in [-0.1, -0.05) is 18.6 Å². The minimum atomic E-state index is -0.372. The summed E-state index contributed by atoms with van der Waals surface area (Å²) < 4.78 is 17.4. The summed E-state index contributed by atoms with van der Waals surface area (Å²) in [5.41, 5.74) is 0.975. The second-order valence-electron chi connectivity index (χ2n) is 6.58. The number of ether oxygens (including phenoxy) is 3. The molecule has 0 radical (unpaired) electrons. The molecule has 1 heterocycles. The number of benzene rings is 1. The van der Waals surface area contributed by atoms with E-state index in [1.807, 2.05) is 31.2 Å². The van der Waals surface area contributed by atoms with Gasteiger partial charge in [-0.2, -0.15) is 0 Å². The first-order valence-electron chi connectivity index (χ1n) is 8.99. The van der Waals surface area contributed by atoms with Crippen LogP contribution in [0.25, 0.3) is 0 Å². The zero-order valence-corrected chi connectivity index (χ0v) is 14.4. The molecule has 5 heteroatoms. The van der Waals surface area contributed by atoms with E-state index >= 15 is 0 Å². The number of carbonyl (C=O) groups excluding carboxylic acids is 1. The molecule has 1 saturated carbocycles. The van der Waals surface area contributed by atoms with Crippen molar-refractivity contribution in [2.75, 3.05) is 19.8 Å². The average Bonchev–Trinajstić information content (AvgIpc) is 2.98. The first kappa shape index (κ1) is 17.2. The summed E-state index contributed by atoms with van der Waals surface area (Å²) in [5.74, 6) is 0.464. The molecule has 1 aromatic carbocycles. The molecule has 1 aliphatic heterocycles. The molecular formula is C19H27NO4. The Morgan fingerprint density at radius 3 is 2.71 bits per heavy atom.